The van der Waals surface area contributed by atoms with Crippen LogP contribution in [0.1, 0.15) is 62.5 Å². The fourth-order valence-electron chi connectivity index (χ4n) is 3.30. The van der Waals surface area contributed by atoms with Gasteiger partial charge in [-0.3, -0.25) is 9.59 Å². The molecule has 4 N–H and O–H groups in total. The summed E-state index contributed by atoms with van der Waals surface area (Å²) < 4.78 is 10.1. The fourth-order valence-corrected chi connectivity index (χ4v) is 3.30. The Morgan fingerprint density at radius 1 is 0.722 bits per heavy atom. The predicted octanol–water partition coefficient (Wildman–Crippen LogP) is 3.84. The molecule has 10 nitrogen and oxygen atoms in total. The number of carbonyl (C=O) groups is 2. The molecule has 0 aliphatic rings. The number of benzene rings is 2. The minimum Gasteiger partial charge on any atom is -0.504 e. The average Bonchev–Trinajstić information content (AvgIpc) is 2.87. The van der Waals surface area contributed by atoms with Crippen LogP contribution >= 0.6 is 0 Å². The number of amides is 2. The summed E-state index contributed by atoms with van der Waals surface area (Å²) in [5.74, 6) is 0.456. The molecule has 0 saturated heterocycles. The van der Waals surface area contributed by atoms with Crippen molar-refractivity contribution in [3.8, 4) is 23.0 Å². The van der Waals surface area contributed by atoms with Crippen LogP contribution in [0.2, 0.25) is 0 Å². The van der Waals surface area contributed by atoms with Gasteiger partial charge in [-0.25, -0.2) is 10.9 Å². The lowest BCUT2D eigenvalue weighted by atomic mass is 10.1. The topological polar surface area (TPSA) is 142 Å². The van der Waals surface area contributed by atoms with Crippen molar-refractivity contribution in [2.75, 3.05) is 14.2 Å². The van der Waals surface area contributed by atoms with Crippen molar-refractivity contribution in [2.24, 2.45) is 10.2 Å². The summed E-state index contributed by atoms with van der Waals surface area (Å²) in [5.41, 5.74) is 6.39. The standard InChI is InChI=1S/C26H34N4O6/c1-35-23-15-19(11-13-21(23)31)17-27-29-25(33)9-7-5-3-4-6-8-10-26(34)30-28-18-20-12-14-22(32)24(16-20)36-2/h11-18,31-32H,3-10H2,1-2H3,(H,29,33)(H,30,34)/b27-17-,28-18+. The van der Waals surface area contributed by atoms with Crippen LogP contribution in [0.3, 0.4) is 0 Å². The SMILES string of the molecule is COc1cc(/C=N\NC(=O)CCCCCCCCC(=O)N/N=C/c2ccc(O)c(OC)c2)ccc1O. The number of phenolic OH excluding ortho intramolecular Hbond substituents is 2. The highest BCUT2D eigenvalue weighted by Crippen LogP contribution is 2.26. The van der Waals surface area contributed by atoms with Gasteiger partial charge in [-0.05, 0) is 60.4 Å². The lowest BCUT2D eigenvalue weighted by Crippen LogP contribution is -2.17. The summed E-state index contributed by atoms with van der Waals surface area (Å²) in [5, 5.41) is 27.0. The molecule has 0 aromatic heterocycles. The Kier molecular flexibility index (Phi) is 12.3. The monoisotopic (exact) mass is 498 g/mol. The van der Waals surface area contributed by atoms with Crippen LogP contribution < -0.4 is 20.3 Å². The number of nitrogens with zero attached hydrogens (tertiary/aromatic N) is 2. The van der Waals surface area contributed by atoms with Gasteiger partial charge in [-0.1, -0.05) is 25.7 Å². The number of hydrogen-bond acceptors (Lipinski definition) is 8. The number of rotatable bonds is 15. The minimum absolute atomic E-state index is 0.0414. The highest BCUT2D eigenvalue weighted by Gasteiger charge is 2.04. The first-order valence-electron chi connectivity index (χ1n) is 11.8. The summed E-state index contributed by atoms with van der Waals surface area (Å²) in [6.45, 7) is 0. The summed E-state index contributed by atoms with van der Waals surface area (Å²) >= 11 is 0. The normalized spacial score (nSPS) is 11.1. The second-order valence-electron chi connectivity index (χ2n) is 8.07. The summed E-state index contributed by atoms with van der Waals surface area (Å²) in [6, 6.07) is 9.58. The lowest BCUT2D eigenvalue weighted by molar-refractivity contribution is -0.122. The van der Waals surface area contributed by atoms with Crippen LogP contribution in [0.15, 0.2) is 46.6 Å². The Bertz CT molecular complexity index is 971. The molecule has 2 amide bonds. The molecule has 0 spiro atoms. The predicted molar refractivity (Wildman–Crippen MR) is 138 cm³/mol. The molecule has 0 aliphatic carbocycles. The lowest BCUT2D eigenvalue weighted by Gasteiger charge is -2.04. The number of ether oxygens (including phenoxy) is 2. The number of hydrazone groups is 2. The third-order valence-electron chi connectivity index (χ3n) is 5.27. The maximum atomic E-state index is 11.9. The molecule has 36 heavy (non-hydrogen) atoms. The maximum Gasteiger partial charge on any atom is 0.240 e. The first-order chi connectivity index (χ1) is 17.4. The molecule has 0 aliphatic heterocycles. The van der Waals surface area contributed by atoms with Crippen LogP contribution in [0, 0.1) is 0 Å². The number of phenols is 2. The quantitative estimate of drug-likeness (QED) is 0.167. The van der Waals surface area contributed by atoms with Gasteiger partial charge in [-0.2, -0.15) is 10.2 Å². The van der Waals surface area contributed by atoms with Gasteiger partial charge in [0, 0.05) is 12.8 Å². The summed E-state index contributed by atoms with van der Waals surface area (Å²) in [4.78, 5) is 23.8. The number of carbonyl (C=O) groups excluding carboxylic acids is 2. The molecule has 2 aromatic rings. The highest BCUT2D eigenvalue weighted by atomic mass is 16.5. The Hall–Kier alpha value is -4.08. The van der Waals surface area contributed by atoms with Gasteiger partial charge in [0.2, 0.25) is 11.8 Å². The molecule has 2 rings (SSSR count). The molecule has 0 bridgehead atoms. The van der Waals surface area contributed by atoms with Crippen molar-refractivity contribution in [1.29, 1.82) is 0 Å². The molecule has 0 atom stereocenters. The van der Waals surface area contributed by atoms with Crippen LogP contribution in [-0.4, -0.2) is 48.7 Å². The van der Waals surface area contributed by atoms with Gasteiger partial charge in [0.1, 0.15) is 0 Å². The van der Waals surface area contributed by atoms with E-state index in [4.69, 9.17) is 9.47 Å². The Morgan fingerprint density at radius 2 is 1.11 bits per heavy atom. The van der Waals surface area contributed by atoms with E-state index in [0.717, 1.165) is 38.5 Å². The molecule has 0 fully saturated rings. The Labute approximate surface area is 211 Å². The van der Waals surface area contributed by atoms with Crippen molar-refractivity contribution >= 4 is 24.2 Å². The van der Waals surface area contributed by atoms with Gasteiger partial charge >= 0.3 is 0 Å². The molecule has 0 heterocycles. The average molecular weight is 499 g/mol. The van der Waals surface area contributed by atoms with Gasteiger partial charge < -0.3 is 19.7 Å². The second-order valence-corrected chi connectivity index (χ2v) is 8.07. The van der Waals surface area contributed by atoms with E-state index < -0.39 is 0 Å². The third kappa shape index (κ3) is 10.5. The van der Waals surface area contributed by atoms with E-state index in [1.807, 2.05) is 0 Å². The first-order valence-corrected chi connectivity index (χ1v) is 11.8. The van der Waals surface area contributed by atoms with E-state index in [2.05, 4.69) is 21.1 Å². The van der Waals surface area contributed by atoms with Gasteiger partial charge in [0.05, 0.1) is 26.6 Å². The zero-order valence-electron chi connectivity index (χ0n) is 20.7. The Balaban J connectivity index is 1.49. The van der Waals surface area contributed by atoms with Crippen LogP contribution in [0.5, 0.6) is 23.0 Å². The largest absolute Gasteiger partial charge is 0.504 e. The number of hydrogen-bond donors (Lipinski definition) is 4. The second kappa shape index (κ2) is 15.8. The smallest absolute Gasteiger partial charge is 0.240 e. The molecule has 2 aromatic carbocycles. The molecule has 0 unspecified atom stereocenters. The minimum atomic E-state index is -0.153. The van der Waals surface area contributed by atoms with Crippen LogP contribution in [0.4, 0.5) is 0 Å². The molecule has 194 valence electrons. The number of nitrogens with one attached hydrogen (secondary N) is 2. The molecular formula is C26H34N4O6. The molecular weight excluding hydrogens is 464 g/mol. The van der Waals surface area contributed by atoms with Gasteiger partial charge in [0.15, 0.2) is 23.0 Å². The summed E-state index contributed by atoms with van der Waals surface area (Å²) in [7, 11) is 2.93. The van der Waals surface area contributed by atoms with Crippen molar-refractivity contribution in [2.45, 2.75) is 51.4 Å². The molecule has 10 heteroatoms. The van der Waals surface area contributed by atoms with Crippen molar-refractivity contribution in [1.82, 2.24) is 10.9 Å². The summed E-state index contributed by atoms with van der Waals surface area (Å²) in [6.07, 6.45) is 9.15. The highest BCUT2D eigenvalue weighted by molar-refractivity contribution is 5.84. The van der Waals surface area contributed by atoms with Gasteiger partial charge in [0.25, 0.3) is 0 Å². The van der Waals surface area contributed by atoms with Crippen LogP contribution in [-0.2, 0) is 9.59 Å². The van der Waals surface area contributed by atoms with E-state index in [1.54, 1.807) is 24.3 Å². The Morgan fingerprint density at radius 3 is 1.50 bits per heavy atom. The zero-order valence-corrected chi connectivity index (χ0v) is 20.7. The number of unbranched alkanes of at least 4 members (excludes halogenated alkanes) is 5. The number of methoxy groups -OCH3 is 2. The molecule has 0 radical (unpaired) electrons. The third-order valence-corrected chi connectivity index (χ3v) is 5.27. The maximum absolute atomic E-state index is 11.9. The molecule has 0 saturated carbocycles. The van der Waals surface area contributed by atoms with Gasteiger partial charge in [-0.15, -0.1) is 0 Å². The van der Waals surface area contributed by atoms with Crippen molar-refractivity contribution in [3.05, 3.63) is 47.5 Å². The van der Waals surface area contributed by atoms with Crippen LogP contribution in [0.25, 0.3) is 0 Å². The van der Waals surface area contributed by atoms with E-state index in [-0.39, 0.29) is 23.3 Å². The van der Waals surface area contributed by atoms with E-state index >= 15 is 0 Å². The first kappa shape index (κ1) is 28.2. The van der Waals surface area contributed by atoms with E-state index in [0.29, 0.717) is 35.5 Å². The fraction of sp³-hybridized carbons (Fsp3) is 0.385. The van der Waals surface area contributed by atoms with E-state index in [1.165, 1.54) is 38.8 Å². The zero-order chi connectivity index (χ0) is 26.2. The number of aromatic hydroxyl groups is 2. The van der Waals surface area contributed by atoms with Crippen molar-refractivity contribution in [3.63, 3.8) is 0 Å². The van der Waals surface area contributed by atoms with E-state index in [9.17, 15) is 19.8 Å². The van der Waals surface area contributed by atoms with Crippen molar-refractivity contribution < 1.29 is 29.3 Å².